The van der Waals surface area contributed by atoms with Crippen LogP contribution in [0.25, 0.3) is 0 Å². The normalized spacial score (nSPS) is 13.2. The Labute approximate surface area is 118 Å². The van der Waals surface area contributed by atoms with Crippen LogP contribution >= 0.6 is 0 Å². The number of pyridine rings is 1. The van der Waals surface area contributed by atoms with Crippen LogP contribution in [0.4, 0.5) is 0 Å². The maximum absolute atomic E-state index is 12.0. The van der Waals surface area contributed by atoms with Crippen LogP contribution in [0.15, 0.2) is 48.7 Å². The summed E-state index contributed by atoms with van der Waals surface area (Å²) in [6.45, 7) is 0. The first-order valence-corrected chi connectivity index (χ1v) is 5.98. The van der Waals surface area contributed by atoms with E-state index in [-0.39, 0.29) is 16.8 Å². The van der Waals surface area contributed by atoms with Crippen molar-refractivity contribution in [2.45, 2.75) is 0 Å². The van der Waals surface area contributed by atoms with Gasteiger partial charge in [0.25, 0.3) is 11.8 Å². The fourth-order valence-corrected chi connectivity index (χ4v) is 1.97. The van der Waals surface area contributed by atoms with Gasteiger partial charge in [-0.15, -0.1) is 0 Å². The number of rotatable bonds is 2. The molecule has 0 unspecified atom stereocenters. The molecule has 1 aromatic heterocycles. The molecular weight excluding hydrogens is 276 g/mol. The minimum atomic E-state index is -1.08. The van der Waals surface area contributed by atoms with Crippen LogP contribution in [-0.2, 0) is 4.84 Å². The smallest absolute Gasteiger partial charge is 0.429 e. The highest BCUT2D eigenvalue weighted by atomic mass is 16.7. The maximum atomic E-state index is 12.0. The number of nitrogens with zero attached hydrogens (tertiary/aromatic N) is 2. The maximum Gasteiger partial charge on any atom is 0.429 e. The number of hydrogen-bond acceptors (Lipinski definition) is 5. The summed E-state index contributed by atoms with van der Waals surface area (Å²) >= 11 is 0. The molecule has 1 aliphatic rings. The number of carbonyl (C=O) groups excluding carboxylic acids is 3. The molecule has 1 aliphatic heterocycles. The summed E-state index contributed by atoms with van der Waals surface area (Å²) in [5.41, 5.74) is -0.0224. The van der Waals surface area contributed by atoms with E-state index in [2.05, 4.69) is 0 Å². The molecule has 0 N–H and O–H groups in total. The summed E-state index contributed by atoms with van der Waals surface area (Å²) in [5.74, 6) is -2.56. The van der Waals surface area contributed by atoms with Gasteiger partial charge in [-0.2, -0.15) is 4.73 Å². The predicted molar refractivity (Wildman–Crippen MR) is 67.8 cm³/mol. The summed E-state index contributed by atoms with van der Waals surface area (Å²) < 4.78 is 0.292. The first kappa shape index (κ1) is 12.8. The Bertz CT molecular complexity index is 736. The lowest BCUT2D eigenvalue weighted by molar-refractivity contribution is -0.608. The van der Waals surface area contributed by atoms with Crippen LogP contribution in [0.1, 0.15) is 31.2 Å². The number of benzene rings is 1. The molecule has 104 valence electrons. The lowest BCUT2D eigenvalue weighted by Gasteiger charge is -2.11. The van der Waals surface area contributed by atoms with E-state index in [9.17, 15) is 19.6 Å². The number of hydroxylamine groups is 2. The van der Waals surface area contributed by atoms with Crippen molar-refractivity contribution in [1.29, 1.82) is 0 Å². The number of imide groups is 1. The van der Waals surface area contributed by atoms with Gasteiger partial charge in [0.15, 0.2) is 6.20 Å². The van der Waals surface area contributed by atoms with E-state index in [4.69, 9.17) is 4.84 Å². The van der Waals surface area contributed by atoms with E-state index in [0.717, 1.165) is 6.20 Å². The Morgan fingerprint density at radius 2 is 1.57 bits per heavy atom. The average molecular weight is 284 g/mol. The molecule has 3 rings (SSSR count). The van der Waals surface area contributed by atoms with Crippen LogP contribution in [-0.4, -0.2) is 22.8 Å². The first-order chi connectivity index (χ1) is 10.1. The van der Waals surface area contributed by atoms with Crippen molar-refractivity contribution < 1.29 is 24.0 Å². The minimum absolute atomic E-state index is 0.151. The summed E-state index contributed by atoms with van der Waals surface area (Å²) in [4.78, 5) is 40.6. The fraction of sp³-hybridized carbons (Fsp3) is 0. The molecule has 0 aliphatic carbocycles. The van der Waals surface area contributed by atoms with Gasteiger partial charge >= 0.3 is 11.7 Å². The van der Waals surface area contributed by atoms with Gasteiger partial charge in [-0.1, -0.05) is 17.2 Å². The summed E-state index contributed by atoms with van der Waals surface area (Å²) in [6.07, 6.45) is 1.11. The monoisotopic (exact) mass is 284 g/mol. The SMILES string of the molecule is O=C(ON1C(=O)c2ccccc2C1=O)c1cccc[n+]1[O-]. The van der Waals surface area contributed by atoms with Crippen LogP contribution in [0.5, 0.6) is 0 Å². The minimum Gasteiger partial charge on any atom is -0.618 e. The van der Waals surface area contributed by atoms with Gasteiger partial charge in [0.05, 0.1) is 11.1 Å². The van der Waals surface area contributed by atoms with E-state index in [1.54, 1.807) is 12.1 Å². The van der Waals surface area contributed by atoms with Gasteiger partial charge in [-0.05, 0) is 18.2 Å². The predicted octanol–water partition coefficient (Wildman–Crippen LogP) is 0.688. The highest BCUT2D eigenvalue weighted by molar-refractivity contribution is 6.21. The number of amides is 2. The Balaban J connectivity index is 1.88. The van der Waals surface area contributed by atoms with Crippen molar-refractivity contribution in [3.8, 4) is 0 Å². The zero-order chi connectivity index (χ0) is 15.0. The summed E-state index contributed by atoms with van der Waals surface area (Å²) in [6, 6.07) is 10.2. The van der Waals surface area contributed by atoms with E-state index >= 15 is 0 Å². The second-order valence-electron chi connectivity index (χ2n) is 4.24. The standard InChI is InChI=1S/C14H8N2O5/c17-12-9-5-1-2-6-10(9)13(18)16(12)21-14(19)11-7-3-4-8-15(11)20/h1-8H. The Morgan fingerprint density at radius 1 is 1.00 bits per heavy atom. The molecule has 0 bridgehead atoms. The summed E-state index contributed by atoms with van der Waals surface area (Å²) in [7, 11) is 0. The highest BCUT2D eigenvalue weighted by Crippen LogP contribution is 2.22. The second kappa shape index (κ2) is 4.71. The van der Waals surface area contributed by atoms with E-state index < -0.39 is 17.8 Å². The van der Waals surface area contributed by atoms with Gasteiger partial charge in [0, 0.05) is 12.1 Å². The Morgan fingerprint density at radius 3 is 2.14 bits per heavy atom. The van der Waals surface area contributed by atoms with Crippen LogP contribution < -0.4 is 4.73 Å². The van der Waals surface area contributed by atoms with Gasteiger partial charge in [0.1, 0.15) is 0 Å². The van der Waals surface area contributed by atoms with Crippen molar-refractivity contribution >= 4 is 17.8 Å². The topological polar surface area (TPSA) is 90.6 Å². The molecule has 2 aromatic rings. The third-order valence-corrected chi connectivity index (χ3v) is 2.96. The van der Waals surface area contributed by atoms with Crippen molar-refractivity contribution in [3.63, 3.8) is 0 Å². The van der Waals surface area contributed by atoms with Crippen molar-refractivity contribution in [3.05, 3.63) is 70.7 Å². The third kappa shape index (κ3) is 2.00. The highest BCUT2D eigenvalue weighted by Gasteiger charge is 2.39. The molecule has 21 heavy (non-hydrogen) atoms. The van der Waals surface area contributed by atoms with Crippen molar-refractivity contribution in [2.75, 3.05) is 0 Å². The molecule has 0 spiro atoms. The lowest BCUT2D eigenvalue weighted by Crippen LogP contribution is -2.39. The number of aromatic nitrogens is 1. The molecule has 7 heteroatoms. The van der Waals surface area contributed by atoms with Gasteiger partial charge in [-0.25, -0.2) is 4.79 Å². The van der Waals surface area contributed by atoms with Gasteiger partial charge in [-0.3, -0.25) is 9.59 Å². The molecule has 0 saturated heterocycles. The third-order valence-electron chi connectivity index (χ3n) is 2.96. The van der Waals surface area contributed by atoms with Gasteiger partial charge in [0.2, 0.25) is 0 Å². The number of fused-ring (bicyclic) bond motifs is 1. The molecular formula is C14H8N2O5. The quantitative estimate of drug-likeness (QED) is 0.459. The zero-order valence-corrected chi connectivity index (χ0v) is 10.6. The van der Waals surface area contributed by atoms with Crippen LogP contribution in [0, 0.1) is 5.21 Å². The Kier molecular flexibility index (Phi) is 2.87. The van der Waals surface area contributed by atoms with E-state index in [0.29, 0.717) is 9.79 Å². The zero-order valence-electron chi connectivity index (χ0n) is 10.6. The molecule has 2 heterocycles. The fourth-order valence-electron chi connectivity index (χ4n) is 1.97. The molecule has 1 aromatic carbocycles. The average Bonchev–Trinajstić information content (AvgIpc) is 2.73. The van der Waals surface area contributed by atoms with Crippen LogP contribution in [0.3, 0.4) is 0 Å². The largest absolute Gasteiger partial charge is 0.618 e. The molecule has 0 fully saturated rings. The van der Waals surface area contributed by atoms with Crippen LogP contribution in [0.2, 0.25) is 0 Å². The van der Waals surface area contributed by atoms with Crippen molar-refractivity contribution in [2.24, 2.45) is 0 Å². The number of hydrogen-bond donors (Lipinski definition) is 0. The van der Waals surface area contributed by atoms with E-state index in [1.165, 1.54) is 30.3 Å². The molecule has 0 saturated carbocycles. The van der Waals surface area contributed by atoms with E-state index in [1.807, 2.05) is 0 Å². The van der Waals surface area contributed by atoms with Crippen molar-refractivity contribution in [1.82, 2.24) is 5.06 Å². The first-order valence-electron chi connectivity index (χ1n) is 5.98. The van der Waals surface area contributed by atoms with Gasteiger partial charge < -0.3 is 10.0 Å². The second-order valence-corrected chi connectivity index (χ2v) is 4.24. The molecule has 7 nitrogen and oxygen atoms in total. The molecule has 0 radical (unpaired) electrons. The number of carbonyl (C=O) groups is 3. The summed E-state index contributed by atoms with van der Waals surface area (Å²) in [5, 5.41) is 11.8. The molecule has 2 amide bonds. The Hall–Kier alpha value is -3.22. The lowest BCUT2D eigenvalue weighted by atomic mass is 10.1. The molecule has 0 atom stereocenters.